The van der Waals surface area contributed by atoms with Gasteiger partial charge in [0.1, 0.15) is 11.5 Å². The molecular weight excluding hydrogens is 222 g/mol. The standard InChI is InChI=1S/C7H8ClN5S/c1-13-4-10-6(12-13)2-9-7-11-5(8)3-14-7/h3-4H,2H2,1H3,(H,9,11). The Morgan fingerprint density at radius 1 is 1.64 bits per heavy atom. The number of hydrogen-bond donors (Lipinski definition) is 1. The molecule has 0 amide bonds. The van der Waals surface area contributed by atoms with E-state index >= 15 is 0 Å². The fraction of sp³-hybridized carbons (Fsp3) is 0.286. The van der Waals surface area contributed by atoms with Crippen molar-refractivity contribution in [2.45, 2.75) is 6.54 Å². The second-order valence-corrected chi connectivity index (χ2v) is 3.91. The molecule has 0 fully saturated rings. The average molecular weight is 230 g/mol. The van der Waals surface area contributed by atoms with Gasteiger partial charge in [0.25, 0.3) is 0 Å². The summed E-state index contributed by atoms with van der Waals surface area (Å²) in [4.78, 5) is 8.11. The van der Waals surface area contributed by atoms with Crippen molar-refractivity contribution in [2.75, 3.05) is 5.32 Å². The zero-order chi connectivity index (χ0) is 9.97. The number of hydrogen-bond acceptors (Lipinski definition) is 5. The molecule has 0 saturated heterocycles. The maximum Gasteiger partial charge on any atom is 0.184 e. The van der Waals surface area contributed by atoms with Crippen molar-refractivity contribution in [3.05, 3.63) is 22.7 Å². The van der Waals surface area contributed by atoms with Crippen molar-refractivity contribution in [1.82, 2.24) is 19.7 Å². The molecule has 0 saturated carbocycles. The Kier molecular flexibility index (Phi) is 2.64. The first-order valence-corrected chi connectivity index (χ1v) is 5.19. The van der Waals surface area contributed by atoms with E-state index in [0.717, 1.165) is 11.0 Å². The molecule has 7 heteroatoms. The van der Waals surface area contributed by atoms with Crippen molar-refractivity contribution in [2.24, 2.45) is 7.05 Å². The molecule has 0 aliphatic carbocycles. The third-order valence-electron chi connectivity index (χ3n) is 1.52. The Bertz CT molecular complexity index is 383. The lowest BCUT2D eigenvalue weighted by atomic mass is 10.6. The van der Waals surface area contributed by atoms with Gasteiger partial charge in [-0.1, -0.05) is 11.6 Å². The van der Waals surface area contributed by atoms with Gasteiger partial charge in [-0.2, -0.15) is 5.10 Å². The van der Waals surface area contributed by atoms with Crippen molar-refractivity contribution in [1.29, 1.82) is 0 Å². The molecule has 74 valence electrons. The summed E-state index contributed by atoms with van der Waals surface area (Å²) in [5, 5.41) is 10.3. The summed E-state index contributed by atoms with van der Waals surface area (Å²) in [6.07, 6.45) is 1.66. The molecule has 0 radical (unpaired) electrons. The van der Waals surface area contributed by atoms with Crippen LogP contribution in [-0.4, -0.2) is 19.7 Å². The molecule has 2 aromatic heterocycles. The molecule has 0 aliphatic rings. The van der Waals surface area contributed by atoms with Crippen molar-refractivity contribution < 1.29 is 0 Å². The topological polar surface area (TPSA) is 55.6 Å². The van der Waals surface area contributed by atoms with Gasteiger partial charge in [-0.15, -0.1) is 11.3 Å². The summed E-state index contributed by atoms with van der Waals surface area (Å²) < 4.78 is 1.66. The van der Waals surface area contributed by atoms with E-state index in [9.17, 15) is 0 Å². The molecule has 0 unspecified atom stereocenters. The van der Waals surface area contributed by atoms with Gasteiger partial charge in [-0.3, -0.25) is 4.68 Å². The fourth-order valence-corrected chi connectivity index (χ4v) is 1.79. The van der Waals surface area contributed by atoms with Crippen LogP contribution in [0.1, 0.15) is 5.82 Å². The maximum absolute atomic E-state index is 5.67. The highest BCUT2D eigenvalue weighted by Gasteiger charge is 2.01. The quantitative estimate of drug-likeness (QED) is 0.868. The molecule has 14 heavy (non-hydrogen) atoms. The zero-order valence-electron chi connectivity index (χ0n) is 7.44. The van der Waals surface area contributed by atoms with Crippen LogP contribution in [0.3, 0.4) is 0 Å². The van der Waals surface area contributed by atoms with Crippen LogP contribution >= 0.6 is 22.9 Å². The van der Waals surface area contributed by atoms with Crippen LogP contribution in [0.5, 0.6) is 0 Å². The number of thiazole rings is 1. The lowest BCUT2D eigenvalue weighted by molar-refractivity contribution is 0.747. The smallest absolute Gasteiger partial charge is 0.184 e. The van der Waals surface area contributed by atoms with Crippen LogP contribution in [0.2, 0.25) is 5.15 Å². The number of anilines is 1. The molecule has 0 aromatic carbocycles. The molecular formula is C7H8ClN5S. The zero-order valence-corrected chi connectivity index (χ0v) is 9.01. The van der Waals surface area contributed by atoms with E-state index in [-0.39, 0.29) is 0 Å². The summed E-state index contributed by atoms with van der Waals surface area (Å²) in [6.45, 7) is 0.560. The predicted molar refractivity (Wildman–Crippen MR) is 55.5 cm³/mol. The largest absolute Gasteiger partial charge is 0.354 e. The Balaban J connectivity index is 1.94. The number of halogens is 1. The number of aromatic nitrogens is 4. The highest BCUT2D eigenvalue weighted by molar-refractivity contribution is 7.14. The van der Waals surface area contributed by atoms with Crippen LogP contribution in [0.25, 0.3) is 0 Å². The summed E-state index contributed by atoms with van der Waals surface area (Å²) >= 11 is 7.13. The number of aryl methyl sites for hydroxylation is 1. The van der Waals surface area contributed by atoms with Gasteiger partial charge in [-0.25, -0.2) is 9.97 Å². The first-order chi connectivity index (χ1) is 6.74. The Labute approximate surface area is 89.8 Å². The second kappa shape index (κ2) is 3.93. The van der Waals surface area contributed by atoms with Gasteiger partial charge in [0, 0.05) is 12.4 Å². The van der Waals surface area contributed by atoms with Crippen LogP contribution in [-0.2, 0) is 13.6 Å². The Hall–Kier alpha value is -1.14. The summed E-state index contributed by atoms with van der Waals surface area (Å²) in [6, 6.07) is 0. The molecule has 0 bridgehead atoms. The number of nitrogens with zero attached hydrogens (tertiary/aromatic N) is 4. The van der Waals surface area contributed by atoms with Crippen molar-refractivity contribution in [3.63, 3.8) is 0 Å². The van der Waals surface area contributed by atoms with Crippen LogP contribution in [0.4, 0.5) is 5.13 Å². The Morgan fingerprint density at radius 2 is 2.50 bits per heavy atom. The minimum absolute atomic E-state index is 0.506. The maximum atomic E-state index is 5.67. The van der Waals surface area contributed by atoms with Gasteiger partial charge in [-0.05, 0) is 0 Å². The molecule has 0 atom stereocenters. The van der Waals surface area contributed by atoms with E-state index in [2.05, 4.69) is 20.4 Å². The predicted octanol–water partition coefficient (Wildman–Crippen LogP) is 1.54. The molecule has 2 heterocycles. The average Bonchev–Trinajstić information content (AvgIpc) is 2.72. The third-order valence-corrected chi connectivity index (χ3v) is 2.64. The summed E-state index contributed by atoms with van der Waals surface area (Å²) in [7, 11) is 1.83. The SMILES string of the molecule is Cn1cnc(CNc2nc(Cl)cs2)n1. The van der Waals surface area contributed by atoms with E-state index in [1.165, 1.54) is 11.3 Å². The van der Waals surface area contributed by atoms with Crippen LogP contribution in [0.15, 0.2) is 11.7 Å². The number of rotatable bonds is 3. The van der Waals surface area contributed by atoms with Gasteiger partial charge in [0.2, 0.25) is 0 Å². The highest BCUT2D eigenvalue weighted by atomic mass is 35.5. The monoisotopic (exact) mass is 229 g/mol. The second-order valence-electron chi connectivity index (χ2n) is 2.66. The lowest BCUT2D eigenvalue weighted by Gasteiger charge is -1.96. The summed E-state index contributed by atoms with van der Waals surface area (Å²) in [5.74, 6) is 0.735. The fourth-order valence-electron chi connectivity index (χ4n) is 0.955. The molecule has 2 rings (SSSR count). The van der Waals surface area contributed by atoms with Gasteiger partial charge >= 0.3 is 0 Å². The normalized spacial score (nSPS) is 10.4. The molecule has 5 nitrogen and oxygen atoms in total. The van der Waals surface area contributed by atoms with Crippen molar-refractivity contribution >= 4 is 28.1 Å². The Morgan fingerprint density at radius 3 is 3.07 bits per heavy atom. The van der Waals surface area contributed by atoms with E-state index in [4.69, 9.17) is 11.6 Å². The van der Waals surface area contributed by atoms with Crippen molar-refractivity contribution in [3.8, 4) is 0 Å². The minimum atomic E-state index is 0.506. The van der Waals surface area contributed by atoms with Gasteiger partial charge in [0.05, 0.1) is 6.54 Å². The first-order valence-electron chi connectivity index (χ1n) is 3.93. The minimum Gasteiger partial charge on any atom is -0.354 e. The van der Waals surface area contributed by atoms with Gasteiger partial charge in [0.15, 0.2) is 11.0 Å². The summed E-state index contributed by atoms with van der Waals surface area (Å²) in [5.41, 5.74) is 0. The van der Waals surface area contributed by atoms with Crippen LogP contribution in [0, 0.1) is 0 Å². The lowest BCUT2D eigenvalue weighted by Crippen LogP contribution is -2.01. The van der Waals surface area contributed by atoms with E-state index in [0.29, 0.717) is 11.7 Å². The third kappa shape index (κ3) is 2.21. The van der Waals surface area contributed by atoms with E-state index in [1.54, 1.807) is 16.4 Å². The first kappa shape index (κ1) is 9.42. The molecule has 0 spiro atoms. The highest BCUT2D eigenvalue weighted by Crippen LogP contribution is 2.18. The van der Waals surface area contributed by atoms with Crippen LogP contribution < -0.4 is 5.32 Å². The van der Waals surface area contributed by atoms with Gasteiger partial charge < -0.3 is 5.32 Å². The molecule has 1 N–H and O–H groups in total. The van der Waals surface area contributed by atoms with E-state index < -0.39 is 0 Å². The molecule has 0 aliphatic heterocycles. The van der Waals surface area contributed by atoms with E-state index in [1.807, 2.05) is 7.05 Å². The number of nitrogens with one attached hydrogen (secondary N) is 1. The molecule has 2 aromatic rings.